The van der Waals surface area contributed by atoms with Gasteiger partial charge in [-0.15, -0.1) is 0 Å². The molecule has 0 aliphatic carbocycles. The van der Waals surface area contributed by atoms with Crippen LogP contribution >= 0.6 is 15.9 Å². The van der Waals surface area contributed by atoms with Gasteiger partial charge in [-0.2, -0.15) is 0 Å². The molecule has 2 rings (SSSR count). The summed E-state index contributed by atoms with van der Waals surface area (Å²) in [5.41, 5.74) is 2.04. The van der Waals surface area contributed by atoms with E-state index in [1.807, 2.05) is 18.2 Å². The zero-order chi connectivity index (χ0) is 22.1. The van der Waals surface area contributed by atoms with E-state index in [4.69, 9.17) is 9.47 Å². The van der Waals surface area contributed by atoms with E-state index in [2.05, 4.69) is 47.3 Å². The van der Waals surface area contributed by atoms with Gasteiger partial charge in [0, 0.05) is 41.5 Å². The number of nitrogens with one attached hydrogen (secondary N) is 2. The molecule has 6 nitrogen and oxygen atoms in total. The van der Waals surface area contributed by atoms with Crippen molar-refractivity contribution in [3.63, 3.8) is 0 Å². The molecule has 30 heavy (non-hydrogen) atoms. The van der Waals surface area contributed by atoms with Crippen molar-refractivity contribution >= 4 is 33.4 Å². The molecular weight excluding hydrogens is 448 g/mol. The van der Waals surface area contributed by atoms with E-state index < -0.39 is 0 Å². The van der Waals surface area contributed by atoms with Crippen LogP contribution in [0.25, 0.3) is 0 Å². The summed E-state index contributed by atoms with van der Waals surface area (Å²) in [5.74, 6) is 0.258. The first kappa shape index (κ1) is 23.9. The molecule has 0 aromatic heterocycles. The first-order valence-electron chi connectivity index (χ1n) is 9.80. The number of benzene rings is 2. The zero-order valence-corrected chi connectivity index (χ0v) is 19.5. The summed E-state index contributed by atoms with van der Waals surface area (Å²) < 4.78 is 11.7. The maximum atomic E-state index is 12.3. The zero-order valence-electron chi connectivity index (χ0n) is 17.9. The van der Waals surface area contributed by atoms with Crippen molar-refractivity contribution in [1.82, 2.24) is 5.32 Å². The molecular formula is C23H29BrN2O4. The van der Waals surface area contributed by atoms with Gasteiger partial charge in [0.15, 0.2) is 6.61 Å². The first-order chi connectivity index (χ1) is 14.2. The maximum Gasteiger partial charge on any atom is 0.262 e. The van der Waals surface area contributed by atoms with Gasteiger partial charge in [-0.1, -0.05) is 36.7 Å². The number of carbonyl (C=O) groups is 2. The van der Waals surface area contributed by atoms with Gasteiger partial charge in [0.2, 0.25) is 0 Å². The predicted octanol–water partition coefficient (Wildman–Crippen LogP) is 4.53. The van der Waals surface area contributed by atoms with E-state index >= 15 is 0 Å². The van der Waals surface area contributed by atoms with Gasteiger partial charge < -0.3 is 20.1 Å². The summed E-state index contributed by atoms with van der Waals surface area (Å²) in [6.45, 7) is 7.33. The molecule has 162 valence electrons. The van der Waals surface area contributed by atoms with Crippen LogP contribution in [0.1, 0.15) is 43.1 Å². The number of amides is 2. The lowest BCUT2D eigenvalue weighted by Crippen LogP contribution is -2.25. The third-order valence-electron chi connectivity index (χ3n) is 4.35. The monoisotopic (exact) mass is 476 g/mol. The Kier molecular flexibility index (Phi) is 8.87. The lowest BCUT2D eigenvalue weighted by molar-refractivity contribution is -0.118. The Bertz CT molecular complexity index is 860. The number of hydrogen-bond acceptors (Lipinski definition) is 4. The number of ether oxygens (including phenoxy) is 2. The number of halogens is 1. The normalized spacial score (nSPS) is 11.1. The minimum atomic E-state index is -0.269. The fraction of sp³-hybridized carbons (Fsp3) is 0.391. The van der Waals surface area contributed by atoms with Crippen molar-refractivity contribution in [2.24, 2.45) is 0 Å². The number of anilines is 1. The SMILES string of the molecule is COCCCNC(=O)c1ccc(NC(=O)COc2ccc(Br)cc2C(C)(C)C)cc1. The Hall–Kier alpha value is -2.38. The van der Waals surface area contributed by atoms with Gasteiger partial charge in [0.25, 0.3) is 11.8 Å². The second-order valence-corrected chi connectivity index (χ2v) is 8.82. The van der Waals surface area contributed by atoms with Crippen molar-refractivity contribution < 1.29 is 19.1 Å². The highest BCUT2D eigenvalue weighted by Crippen LogP contribution is 2.33. The van der Waals surface area contributed by atoms with Crippen molar-refractivity contribution in [3.05, 3.63) is 58.1 Å². The molecule has 0 aliphatic rings. The Labute approximate surface area is 186 Å². The van der Waals surface area contributed by atoms with Crippen LogP contribution in [-0.4, -0.2) is 38.7 Å². The van der Waals surface area contributed by atoms with Crippen molar-refractivity contribution in [1.29, 1.82) is 0 Å². The van der Waals surface area contributed by atoms with Crippen molar-refractivity contribution in [3.8, 4) is 5.75 Å². The van der Waals surface area contributed by atoms with E-state index in [-0.39, 0.29) is 23.8 Å². The molecule has 0 heterocycles. The van der Waals surface area contributed by atoms with E-state index in [0.717, 1.165) is 16.5 Å². The second kappa shape index (κ2) is 11.1. The molecule has 0 fully saturated rings. The van der Waals surface area contributed by atoms with Crippen LogP contribution in [0.3, 0.4) is 0 Å². The topological polar surface area (TPSA) is 76.7 Å². The minimum Gasteiger partial charge on any atom is -0.483 e. The smallest absolute Gasteiger partial charge is 0.262 e. The highest BCUT2D eigenvalue weighted by Gasteiger charge is 2.20. The van der Waals surface area contributed by atoms with Gasteiger partial charge in [-0.05, 0) is 54.3 Å². The summed E-state index contributed by atoms with van der Waals surface area (Å²) in [5, 5.41) is 5.61. The molecule has 2 aromatic rings. The van der Waals surface area contributed by atoms with Crippen LogP contribution in [0.15, 0.2) is 46.9 Å². The van der Waals surface area contributed by atoms with Crippen molar-refractivity contribution in [2.45, 2.75) is 32.6 Å². The molecule has 0 saturated heterocycles. The van der Waals surface area contributed by atoms with Crippen molar-refractivity contribution in [2.75, 3.05) is 32.2 Å². The molecule has 0 saturated carbocycles. The summed E-state index contributed by atoms with van der Waals surface area (Å²) in [6, 6.07) is 12.5. The molecule has 0 aliphatic heterocycles. The maximum absolute atomic E-state index is 12.3. The average Bonchev–Trinajstić information content (AvgIpc) is 2.70. The Morgan fingerprint density at radius 3 is 2.40 bits per heavy atom. The number of methoxy groups -OCH3 is 1. The van der Waals surface area contributed by atoms with Gasteiger partial charge in [-0.25, -0.2) is 0 Å². The van der Waals surface area contributed by atoms with E-state index in [1.165, 1.54) is 0 Å². The fourth-order valence-corrected chi connectivity index (χ4v) is 3.14. The lowest BCUT2D eigenvalue weighted by Gasteiger charge is -2.23. The standard InChI is InChI=1S/C23H29BrN2O4/c1-23(2,3)19-14-17(24)8-11-20(19)30-15-21(27)26-18-9-6-16(7-10-18)22(28)25-12-5-13-29-4/h6-11,14H,5,12-13,15H2,1-4H3,(H,25,28)(H,26,27). The predicted molar refractivity (Wildman–Crippen MR) is 122 cm³/mol. The Morgan fingerprint density at radius 1 is 1.07 bits per heavy atom. The van der Waals surface area contributed by atoms with Crippen LogP contribution in [0.2, 0.25) is 0 Å². The molecule has 0 radical (unpaired) electrons. The van der Waals surface area contributed by atoms with Gasteiger partial charge >= 0.3 is 0 Å². The minimum absolute atomic E-state index is 0.105. The first-order valence-corrected chi connectivity index (χ1v) is 10.6. The summed E-state index contributed by atoms with van der Waals surface area (Å²) >= 11 is 3.48. The molecule has 0 spiro atoms. The quantitative estimate of drug-likeness (QED) is 0.521. The van der Waals surface area contributed by atoms with Crippen LogP contribution in [0, 0.1) is 0 Å². The average molecular weight is 477 g/mol. The van der Waals surface area contributed by atoms with Crippen LogP contribution < -0.4 is 15.4 Å². The summed E-state index contributed by atoms with van der Waals surface area (Å²) in [7, 11) is 1.63. The third-order valence-corrected chi connectivity index (χ3v) is 4.84. The van der Waals surface area contributed by atoms with E-state index in [9.17, 15) is 9.59 Å². The number of hydrogen-bond donors (Lipinski definition) is 2. The van der Waals surface area contributed by atoms with E-state index in [0.29, 0.717) is 30.2 Å². The number of carbonyl (C=O) groups excluding carboxylic acids is 2. The van der Waals surface area contributed by atoms with Gasteiger partial charge in [0.1, 0.15) is 5.75 Å². The Balaban J connectivity index is 1.89. The number of rotatable bonds is 9. The highest BCUT2D eigenvalue weighted by molar-refractivity contribution is 9.10. The van der Waals surface area contributed by atoms with Gasteiger partial charge in [-0.3, -0.25) is 9.59 Å². The fourth-order valence-electron chi connectivity index (χ4n) is 2.78. The molecule has 0 bridgehead atoms. The second-order valence-electron chi connectivity index (χ2n) is 7.91. The largest absolute Gasteiger partial charge is 0.483 e. The summed E-state index contributed by atoms with van der Waals surface area (Å²) in [6.07, 6.45) is 0.756. The molecule has 0 unspecified atom stereocenters. The molecule has 2 amide bonds. The lowest BCUT2D eigenvalue weighted by atomic mass is 9.86. The van der Waals surface area contributed by atoms with E-state index in [1.54, 1.807) is 31.4 Å². The Morgan fingerprint density at radius 2 is 1.77 bits per heavy atom. The van der Waals surface area contributed by atoms with Crippen LogP contribution in [-0.2, 0) is 14.9 Å². The summed E-state index contributed by atoms with van der Waals surface area (Å²) in [4.78, 5) is 24.4. The molecule has 2 N–H and O–H groups in total. The van der Waals surface area contributed by atoms with Crippen LogP contribution in [0.4, 0.5) is 5.69 Å². The highest BCUT2D eigenvalue weighted by atomic mass is 79.9. The van der Waals surface area contributed by atoms with Crippen LogP contribution in [0.5, 0.6) is 5.75 Å². The molecule has 2 aromatic carbocycles. The molecule has 7 heteroatoms. The molecule has 0 atom stereocenters. The third kappa shape index (κ3) is 7.46. The van der Waals surface area contributed by atoms with Gasteiger partial charge in [0.05, 0.1) is 0 Å².